The number of rotatable bonds is 4. The quantitative estimate of drug-likeness (QED) is 0.890. The Kier molecular flexibility index (Phi) is 4.92. The topological polar surface area (TPSA) is 32.3 Å². The molecule has 2 nitrogen and oxygen atoms in total. The van der Waals surface area contributed by atoms with Crippen molar-refractivity contribution in [1.29, 1.82) is 0 Å². The summed E-state index contributed by atoms with van der Waals surface area (Å²) in [6.07, 6.45) is 0.478. The van der Waals surface area contributed by atoms with E-state index < -0.39 is 0 Å². The molecule has 4 heteroatoms. The first kappa shape index (κ1) is 12.0. The Balaban J connectivity index is 2.59. The predicted octanol–water partition coefficient (Wildman–Crippen LogP) is 3.39. The van der Waals surface area contributed by atoms with Crippen molar-refractivity contribution in [1.82, 2.24) is 0 Å². The lowest BCUT2D eigenvalue weighted by molar-refractivity contribution is 0.183. The molecular formula is C10H13Br2NO. The van der Waals surface area contributed by atoms with Gasteiger partial charge in [-0.25, -0.2) is 0 Å². The Morgan fingerprint density at radius 1 is 1.43 bits per heavy atom. The van der Waals surface area contributed by atoms with Crippen molar-refractivity contribution in [3.8, 4) is 0 Å². The van der Waals surface area contributed by atoms with E-state index in [1.807, 2.05) is 25.1 Å². The second-order valence-corrected chi connectivity index (χ2v) is 4.84. The van der Waals surface area contributed by atoms with E-state index in [4.69, 9.17) is 0 Å². The third-order valence-electron chi connectivity index (χ3n) is 1.93. The van der Waals surface area contributed by atoms with Crippen molar-refractivity contribution in [2.75, 3.05) is 11.9 Å². The average Bonchev–Trinajstić information content (AvgIpc) is 2.16. The lowest BCUT2D eigenvalue weighted by atomic mass is 10.2. The van der Waals surface area contributed by atoms with E-state index in [1.54, 1.807) is 0 Å². The smallest absolute Gasteiger partial charge is 0.0709 e. The molecule has 0 amide bonds. The van der Waals surface area contributed by atoms with Crippen molar-refractivity contribution >= 4 is 37.5 Å². The number of aliphatic hydroxyl groups is 1. The summed E-state index contributed by atoms with van der Waals surface area (Å²) >= 11 is 6.83. The van der Waals surface area contributed by atoms with Crippen LogP contribution in [0.4, 0.5) is 5.69 Å². The Morgan fingerprint density at radius 2 is 2.14 bits per heavy atom. The Labute approximate surface area is 101 Å². The number of anilines is 1. The van der Waals surface area contributed by atoms with Gasteiger partial charge in [-0.2, -0.15) is 0 Å². The maximum atomic E-state index is 9.38. The highest BCUT2D eigenvalue weighted by Gasteiger charge is 2.03. The molecule has 1 unspecified atom stereocenters. The van der Waals surface area contributed by atoms with Crippen LogP contribution in [0.2, 0.25) is 0 Å². The van der Waals surface area contributed by atoms with Crippen LogP contribution in [0, 0.1) is 0 Å². The van der Waals surface area contributed by atoms with E-state index in [-0.39, 0.29) is 6.10 Å². The molecule has 0 bridgehead atoms. The van der Waals surface area contributed by atoms with Crippen LogP contribution in [-0.4, -0.2) is 17.8 Å². The van der Waals surface area contributed by atoms with Crippen LogP contribution >= 0.6 is 31.9 Å². The standard InChI is InChI=1S/C10H13Br2NO/c1-2-8(14)6-13-10-4-3-7(11)5-9(10)12/h3-5,8,13-14H,2,6H2,1H3. The molecule has 1 atom stereocenters. The van der Waals surface area contributed by atoms with Crippen LogP contribution in [0.3, 0.4) is 0 Å². The normalized spacial score (nSPS) is 12.6. The molecule has 0 aliphatic heterocycles. The number of aliphatic hydroxyl groups excluding tert-OH is 1. The summed E-state index contributed by atoms with van der Waals surface area (Å²) in [6.45, 7) is 2.54. The Bertz CT molecular complexity index is 304. The van der Waals surface area contributed by atoms with Crippen LogP contribution in [-0.2, 0) is 0 Å². The van der Waals surface area contributed by atoms with Crippen LogP contribution in [0.15, 0.2) is 27.1 Å². The van der Waals surface area contributed by atoms with Gasteiger partial charge in [0.25, 0.3) is 0 Å². The van der Waals surface area contributed by atoms with Gasteiger partial charge >= 0.3 is 0 Å². The van der Waals surface area contributed by atoms with Crippen LogP contribution in [0.5, 0.6) is 0 Å². The molecule has 1 rings (SSSR count). The van der Waals surface area contributed by atoms with Gasteiger partial charge in [0.05, 0.1) is 6.10 Å². The highest BCUT2D eigenvalue weighted by Crippen LogP contribution is 2.25. The summed E-state index contributed by atoms with van der Waals surface area (Å²) < 4.78 is 2.03. The molecule has 0 aliphatic carbocycles. The number of hydrogen-bond acceptors (Lipinski definition) is 2. The second kappa shape index (κ2) is 5.73. The average molecular weight is 323 g/mol. The van der Waals surface area contributed by atoms with Crippen molar-refractivity contribution in [2.24, 2.45) is 0 Å². The van der Waals surface area contributed by atoms with Gasteiger partial charge in [-0.3, -0.25) is 0 Å². The first-order valence-electron chi connectivity index (χ1n) is 4.50. The third kappa shape index (κ3) is 3.59. The molecule has 78 valence electrons. The van der Waals surface area contributed by atoms with Gasteiger partial charge in [0.1, 0.15) is 0 Å². The fourth-order valence-corrected chi connectivity index (χ4v) is 2.19. The number of benzene rings is 1. The lowest BCUT2D eigenvalue weighted by Gasteiger charge is -2.12. The van der Waals surface area contributed by atoms with E-state index in [0.29, 0.717) is 6.54 Å². The van der Waals surface area contributed by atoms with Crippen LogP contribution in [0.1, 0.15) is 13.3 Å². The van der Waals surface area contributed by atoms with E-state index >= 15 is 0 Å². The molecule has 0 radical (unpaired) electrons. The second-order valence-electron chi connectivity index (χ2n) is 3.07. The monoisotopic (exact) mass is 321 g/mol. The fourth-order valence-electron chi connectivity index (χ4n) is 1.00. The first-order valence-corrected chi connectivity index (χ1v) is 6.09. The maximum absolute atomic E-state index is 9.38. The molecule has 0 spiro atoms. The molecule has 1 aromatic carbocycles. The zero-order chi connectivity index (χ0) is 10.6. The molecular weight excluding hydrogens is 310 g/mol. The maximum Gasteiger partial charge on any atom is 0.0709 e. The number of hydrogen-bond donors (Lipinski definition) is 2. The molecule has 2 N–H and O–H groups in total. The first-order chi connectivity index (χ1) is 6.63. The van der Waals surface area contributed by atoms with E-state index in [2.05, 4.69) is 37.2 Å². The van der Waals surface area contributed by atoms with Gasteiger partial charge in [-0.05, 0) is 40.5 Å². The molecule has 0 fully saturated rings. The number of halogens is 2. The molecule has 14 heavy (non-hydrogen) atoms. The molecule has 0 saturated heterocycles. The molecule has 0 aromatic heterocycles. The van der Waals surface area contributed by atoms with Gasteiger partial charge in [0.15, 0.2) is 0 Å². The zero-order valence-corrected chi connectivity index (χ0v) is 11.1. The molecule has 0 saturated carbocycles. The van der Waals surface area contributed by atoms with E-state index in [1.165, 1.54) is 0 Å². The Hall–Kier alpha value is -0.0600. The SMILES string of the molecule is CCC(O)CNc1ccc(Br)cc1Br. The largest absolute Gasteiger partial charge is 0.391 e. The highest BCUT2D eigenvalue weighted by molar-refractivity contribution is 9.11. The van der Waals surface area contributed by atoms with Gasteiger partial charge in [-0.15, -0.1) is 0 Å². The summed E-state index contributed by atoms with van der Waals surface area (Å²) in [5.41, 5.74) is 1.00. The summed E-state index contributed by atoms with van der Waals surface area (Å²) in [5, 5.41) is 12.6. The zero-order valence-electron chi connectivity index (χ0n) is 7.93. The van der Waals surface area contributed by atoms with Crippen molar-refractivity contribution in [3.63, 3.8) is 0 Å². The summed E-state index contributed by atoms with van der Waals surface area (Å²) in [4.78, 5) is 0. The fraction of sp³-hybridized carbons (Fsp3) is 0.400. The van der Waals surface area contributed by atoms with Crippen molar-refractivity contribution < 1.29 is 5.11 Å². The van der Waals surface area contributed by atoms with Gasteiger partial charge < -0.3 is 10.4 Å². The molecule has 0 heterocycles. The summed E-state index contributed by atoms with van der Waals surface area (Å²) in [7, 11) is 0. The number of nitrogens with one attached hydrogen (secondary N) is 1. The minimum Gasteiger partial charge on any atom is -0.391 e. The highest BCUT2D eigenvalue weighted by atomic mass is 79.9. The summed E-state index contributed by atoms with van der Waals surface area (Å²) in [6, 6.07) is 5.91. The van der Waals surface area contributed by atoms with Crippen LogP contribution < -0.4 is 5.32 Å². The van der Waals surface area contributed by atoms with Gasteiger partial charge in [0, 0.05) is 21.2 Å². The van der Waals surface area contributed by atoms with E-state index in [9.17, 15) is 5.11 Å². The summed E-state index contributed by atoms with van der Waals surface area (Å²) in [5.74, 6) is 0. The van der Waals surface area contributed by atoms with Crippen molar-refractivity contribution in [2.45, 2.75) is 19.4 Å². The minimum atomic E-state index is -0.287. The minimum absolute atomic E-state index is 0.287. The van der Waals surface area contributed by atoms with E-state index in [0.717, 1.165) is 21.1 Å². The van der Waals surface area contributed by atoms with Crippen LogP contribution in [0.25, 0.3) is 0 Å². The van der Waals surface area contributed by atoms with Gasteiger partial charge in [0.2, 0.25) is 0 Å². The molecule has 1 aromatic rings. The molecule has 0 aliphatic rings. The predicted molar refractivity (Wildman–Crippen MR) is 66.6 cm³/mol. The third-order valence-corrected chi connectivity index (χ3v) is 3.08. The lowest BCUT2D eigenvalue weighted by Crippen LogP contribution is -2.18. The van der Waals surface area contributed by atoms with Crippen molar-refractivity contribution in [3.05, 3.63) is 27.1 Å². The Morgan fingerprint density at radius 3 is 2.71 bits per heavy atom. The van der Waals surface area contributed by atoms with Gasteiger partial charge in [-0.1, -0.05) is 22.9 Å².